The molecule has 0 unspecified atom stereocenters. The molecule has 0 saturated carbocycles. The van der Waals surface area contributed by atoms with Crippen molar-refractivity contribution in [1.29, 1.82) is 0 Å². The minimum absolute atomic E-state index is 0.991. The number of nitrogens with zero attached hydrogens (tertiary/aromatic N) is 1. The highest BCUT2D eigenvalue weighted by Crippen LogP contribution is 2.30. The maximum absolute atomic E-state index is 4.43. The fourth-order valence-electron chi connectivity index (χ4n) is 2.01. The average molecular weight is 272 g/mol. The number of hydrogen-bond donors (Lipinski definition) is 0. The predicted molar refractivity (Wildman–Crippen MR) is 70.0 cm³/mol. The Labute approximate surface area is 103 Å². The first-order valence-corrected chi connectivity index (χ1v) is 6.02. The lowest BCUT2D eigenvalue weighted by Gasteiger charge is -2.00. The molecule has 0 N–H and O–H groups in total. The quantitative estimate of drug-likeness (QED) is 0.766. The highest BCUT2D eigenvalue weighted by molar-refractivity contribution is 9.10. The van der Waals surface area contributed by atoms with Crippen LogP contribution in [0.5, 0.6) is 0 Å². The van der Waals surface area contributed by atoms with E-state index in [1.54, 1.807) is 0 Å². The zero-order valence-electron chi connectivity index (χ0n) is 8.65. The highest BCUT2D eigenvalue weighted by atomic mass is 79.9. The van der Waals surface area contributed by atoms with Crippen LogP contribution in [0, 0.1) is 0 Å². The van der Waals surface area contributed by atoms with Gasteiger partial charge in [0.15, 0.2) is 0 Å². The molecule has 1 heterocycles. The van der Waals surface area contributed by atoms with Crippen molar-refractivity contribution in [2.24, 2.45) is 0 Å². The molecule has 3 rings (SSSR count). The van der Waals surface area contributed by atoms with Crippen LogP contribution in [0.2, 0.25) is 0 Å². The van der Waals surface area contributed by atoms with Crippen LogP contribution in [0.4, 0.5) is 0 Å². The molecule has 78 valence electrons. The first kappa shape index (κ1) is 9.79. The Morgan fingerprint density at radius 3 is 2.69 bits per heavy atom. The third-order valence-electron chi connectivity index (χ3n) is 2.82. The Balaban J connectivity index is 1.98. The van der Waals surface area contributed by atoms with Gasteiger partial charge >= 0.3 is 0 Å². The minimum atomic E-state index is 0.991. The smallest absolute Gasteiger partial charge is 0.0666 e. The summed E-state index contributed by atoms with van der Waals surface area (Å²) < 4.78 is 1.02. The van der Waals surface area contributed by atoms with Gasteiger partial charge in [-0.1, -0.05) is 24.3 Å². The average Bonchev–Trinajstić information content (AvgIpc) is 2.73. The van der Waals surface area contributed by atoms with Crippen LogP contribution in [0.25, 0.3) is 11.6 Å². The van der Waals surface area contributed by atoms with E-state index in [0.29, 0.717) is 0 Å². The van der Waals surface area contributed by atoms with Gasteiger partial charge in [-0.2, -0.15) is 0 Å². The lowest BCUT2D eigenvalue weighted by atomic mass is 10.1. The summed E-state index contributed by atoms with van der Waals surface area (Å²) in [5.74, 6) is 0. The zero-order chi connectivity index (χ0) is 11.0. The van der Waals surface area contributed by atoms with Crippen molar-refractivity contribution in [3.8, 4) is 0 Å². The fraction of sp³-hybridized carbons (Fsp3) is 0.0714. The van der Waals surface area contributed by atoms with Crippen LogP contribution < -0.4 is 0 Å². The molecule has 0 atom stereocenters. The highest BCUT2D eigenvalue weighted by Gasteiger charge is 2.13. The number of halogens is 1. The maximum atomic E-state index is 4.43. The number of benzene rings is 1. The van der Waals surface area contributed by atoms with E-state index in [0.717, 1.165) is 16.6 Å². The largest absolute Gasteiger partial charge is 0.255 e. The molecule has 0 radical (unpaired) electrons. The topological polar surface area (TPSA) is 12.9 Å². The molecule has 1 aromatic carbocycles. The maximum Gasteiger partial charge on any atom is 0.0666 e. The molecule has 1 aromatic heterocycles. The summed E-state index contributed by atoms with van der Waals surface area (Å²) in [6.45, 7) is 0. The zero-order valence-corrected chi connectivity index (χ0v) is 10.2. The van der Waals surface area contributed by atoms with Crippen molar-refractivity contribution in [2.75, 3.05) is 0 Å². The molecule has 0 amide bonds. The van der Waals surface area contributed by atoms with Crippen molar-refractivity contribution in [3.05, 3.63) is 63.9 Å². The number of aromatic nitrogens is 1. The van der Waals surface area contributed by atoms with Crippen molar-refractivity contribution < 1.29 is 0 Å². The van der Waals surface area contributed by atoms with Crippen LogP contribution in [0.1, 0.15) is 16.8 Å². The summed E-state index contributed by atoms with van der Waals surface area (Å²) in [5, 5.41) is 0. The van der Waals surface area contributed by atoms with Crippen LogP contribution in [-0.2, 0) is 6.42 Å². The third kappa shape index (κ3) is 1.69. The molecule has 0 aliphatic heterocycles. The molecular formula is C14H10BrN. The van der Waals surface area contributed by atoms with Gasteiger partial charge in [-0.3, -0.25) is 4.98 Å². The summed E-state index contributed by atoms with van der Waals surface area (Å²) in [6, 6.07) is 12.6. The number of fused-ring (bicyclic) bond motifs is 1. The van der Waals surface area contributed by atoms with Crippen LogP contribution in [-0.4, -0.2) is 4.98 Å². The first-order valence-electron chi connectivity index (χ1n) is 5.23. The van der Waals surface area contributed by atoms with Crippen molar-refractivity contribution in [3.63, 3.8) is 0 Å². The third-order valence-corrected chi connectivity index (χ3v) is 3.29. The molecule has 1 nitrogen and oxygen atoms in total. The first-order chi connectivity index (χ1) is 7.83. The number of pyridine rings is 1. The van der Waals surface area contributed by atoms with Crippen LogP contribution in [0.15, 0.2) is 47.1 Å². The standard InChI is InChI=1S/C14H10BrN/c15-13-5-6-14(16-9-13)12-7-10-3-1-2-4-11(10)8-12/h1-7,9H,8H2. The van der Waals surface area contributed by atoms with Crippen LogP contribution >= 0.6 is 15.9 Å². The lowest BCUT2D eigenvalue weighted by Crippen LogP contribution is -1.88. The van der Waals surface area contributed by atoms with E-state index >= 15 is 0 Å². The van der Waals surface area contributed by atoms with Crippen molar-refractivity contribution in [2.45, 2.75) is 6.42 Å². The van der Waals surface area contributed by atoms with Gasteiger partial charge in [-0.05, 0) is 50.8 Å². The van der Waals surface area contributed by atoms with Crippen molar-refractivity contribution in [1.82, 2.24) is 4.98 Å². The van der Waals surface area contributed by atoms with E-state index in [-0.39, 0.29) is 0 Å². The minimum Gasteiger partial charge on any atom is -0.255 e. The normalized spacial score (nSPS) is 13.4. The number of rotatable bonds is 1. The van der Waals surface area contributed by atoms with E-state index in [1.807, 2.05) is 12.3 Å². The Kier molecular flexibility index (Phi) is 2.37. The molecule has 0 bridgehead atoms. The van der Waals surface area contributed by atoms with E-state index in [2.05, 4.69) is 57.3 Å². The Morgan fingerprint density at radius 2 is 1.94 bits per heavy atom. The Hall–Kier alpha value is -1.41. The fourth-order valence-corrected chi connectivity index (χ4v) is 2.24. The number of allylic oxidation sites excluding steroid dienone is 1. The summed E-state index contributed by atoms with van der Waals surface area (Å²) in [5.41, 5.74) is 5.08. The summed E-state index contributed by atoms with van der Waals surface area (Å²) in [6.07, 6.45) is 5.07. The van der Waals surface area contributed by atoms with Crippen molar-refractivity contribution >= 4 is 27.6 Å². The molecule has 0 saturated heterocycles. The van der Waals surface area contributed by atoms with E-state index in [1.165, 1.54) is 16.7 Å². The summed E-state index contributed by atoms with van der Waals surface area (Å²) in [7, 11) is 0. The van der Waals surface area contributed by atoms with Gasteiger partial charge in [0.05, 0.1) is 5.69 Å². The van der Waals surface area contributed by atoms with Gasteiger partial charge in [0.2, 0.25) is 0 Å². The van der Waals surface area contributed by atoms with Gasteiger partial charge in [0.1, 0.15) is 0 Å². The molecule has 16 heavy (non-hydrogen) atoms. The van der Waals surface area contributed by atoms with E-state index < -0.39 is 0 Å². The summed E-state index contributed by atoms with van der Waals surface area (Å²) in [4.78, 5) is 4.43. The summed E-state index contributed by atoms with van der Waals surface area (Å²) >= 11 is 3.40. The molecule has 1 aliphatic carbocycles. The van der Waals surface area contributed by atoms with E-state index in [9.17, 15) is 0 Å². The van der Waals surface area contributed by atoms with Gasteiger partial charge in [0, 0.05) is 17.1 Å². The molecule has 0 spiro atoms. The van der Waals surface area contributed by atoms with E-state index in [4.69, 9.17) is 0 Å². The molecule has 1 aliphatic rings. The van der Waals surface area contributed by atoms with Gasteiger partial charge in [-0.25, -0.2) is 0 Å². The Bertz CT molecular complexity index is 555. The predicted octanol–water partition coefficient (Wildman–Crippen LogP) is 3.94. The SMILES string of the molecule is Brc1ccc(C2=Cc3ccccc3C2)nc1. The lowest BCUT2D eigenvalue weighted by molar-refractivity contribution is 1.21. The molecular weight excluding hydrogens is 262 g/mol. The number of hydrogen-bond acceptors (Lipinski definition) is 1. The monoisotopic (exact) mass is 271 g/mol. The van der Waals surface area contributed by atoms with Gasteiger partial charge in [0.25, 0.3) is 0 Å². The second kappa shape index (κ2) is 3.87. The molecule has 0 fully saturated rings. The second-order valence-electron chi connectivity index (χ2n) is 3.91. The molecule has 2 heteroatoms. The molecule has 2 aromatic rings. The Morgan fingerprint density at radius 1 is 1.06 bits per heavy atom. The van der Waals surface area contributed by atoms with Gasteiger partial charge < -0.3 is 0 Å². The van der Waals surface area contributed by atoms with Gasteiger partial charge in [-0.15, -0.1) is 0 Å². The second-order valence-corrected chi connectivity index (χ2v) is 4.82. The van der Waals surface area contributed by atoms with Crippen LogP contribution in [0.3, 0.4) is 0 Å².